The first-order chi connectivity index (χ1) is 9.01. The highest BCUT2D eigenvalue weighted by atomic mass is 16.6. The maximum absolute atomic E-state index is 12.0. The normalized spacial score (nSPS) is 11.7. The summed E-state index contributed by atoms with van der Waals surface area (Å²) in [7, 11) is 0. The van der Waals surface area contributed by atoms with Crippen molar-refractivity contribution in [3.63, 3.8) is 0 Å². The summed E-state index contributed by atoms with van der Waals surface area (Å²) < 4.78 is 5.23. The number of ether oxygens (including phenoxy) is 1. The fraction of sp³-hybridized carbons (Fsp3) is 0.417. The van der Waals surface area contributed by atoms with Crippen LogP contribution in [0.5, 0.6) is 5.75 Å². The summed E-state index contributed by atoms with van der Waals surface area (Å²) in [5.74, 6) is -0.457. The highest BCUT2D eigenvalue weighted by Crippen LogP contribution is 2.30. The number of carbonyl (C=O) groups is 1. The van der Waals surface area contributed by atoms with Crippen LogP contribution in [0.2, 0.25) is 0 Å². The number of benzene rings is 1. The van der Waals surface area contributed by atoms with E-state index in [9.17, 15) is 14.9 Å². The van der Waals surface area contributed by atoms with Crippen molar-refractivity contribution in [3.8, 4) is 5.75 Å². The molecule has 1 amide bonds. The zero-order valence-corrected chi connectivity index (χ0v) is 10.9. The second kappa shape index (κ2) is 6.69. The number of hydrogen-bond acceptors (Lipinski definition) is 5. The Bertz CT molecular complexity index is 476. The van der Waals surface area contributed by atoms with E-state index >= 15 is 0 Å². The van der Waals surface area contributed by atoms with Crippen LogP contribution in [0.15, 0.2) is 18.2 Å². The molecule has 0 unspecified atom stereocenters. The number of nitro benzene ring substituents is 1. The standard InChI is InChI=1S/C12H17N3O4/c1-3-19-11-9(12(16)14-8(2)7-13)5-4-6-10(11)15(17)18/h4-6,8H,3,7,13H2,1-2H3,(H,14,16)/t8-/m1/s1. The first-order valence-electron chi connectivity index (χ1n) is 5.92. The molecule has 3 N–H and O–H groups in total. The Labute approximate surface area is 110 Å². The molecule has 1 aromatic carbocycles. The lowest BCUT2D eigenvalue weighted by atomic mass is 10.1. The van der Waals surface area contributed by atoms with Crippen LogP contribution in [0.4, 0.5) is 5.69 Å². The van der Waals surface area contributed by atoms with Gasteiger partial charge in [0.25, 0.3) is 5.91 Å². The number of amides is 1. The van der Waals surface area contributed by atoms with Crippen molar-refractivity contribution in [1.82, 2.24) is 5.32 Å². The van der Waals surface area contributed by atoms with Gasteiger partial charge in [0.05, 0.1) is 17.1 Å². The summed E-state index contributed by atoms with van der Waals surface area (Å²) in [6.07, 6.45) is 0. The van der Waals surface area contributed by atoms with E-state index in [4.69, 9.17) is 10.5 Å². The number of nitro groups is 1. The summed E-state index contributed by atoms with van der Waals surface area (Å²) in [4.78, 5) is 22.4. The number of nitrogens with one attached hydrogen (secondary N) is 1. The van der Waals surface area contributed by atoms with Crippen LogP contribution in [0.1, 0.15) is 24.2 Å². The molecule has 0 fully saturated rings. The predicted octanol–water partition coefficient (Wildman–Crippen LogP) is 1.07. The Morgan fingerprint density at radius 1 is 1.58 bits per heavy atom. The topological polar surface area (TPSA) is 107 Å². The van der Waals surface area contributed by atoms with Gasteiger partial charge in [0.15, 0.2) is 0 Å². The van der Waals surface area contributed by atoms with Gasteiger partial charge in [-0.25, -0.2) is 0 Å². The average molecular weight is 267 g/mol. The van der Waals surface area contributed by atoms with Gasteiger partial charge in [-0.2, -0.15) is 0 Å². The molecule has 19 heavy (non-hydrogen) atoms. The molecule has 0 spiro atoms. The lowest BCUT2D eigenvalue weighted by molar-refractivity contribution is -0.385. The Balaban J connectivity index is 3.15. The minimum atomic E-state index is -0.575. The third-order valence-corrected chi connectivity index (χ3v) is 2.46. The zero-order valence-electron chi connectivity index (χ0n) is 10.9. The van der Waals surface area contributed by atoms with Gasteiger partial charge in [-0.05, 0) is 19.9 Å². The Morgan fingerprint density at radius 3 is 2.79 bits per heavy atom. The summed E-state index contributed by atoms with van der Waals surface area (Å²) in [5, 5.41) is 13.6. The van der Waals surface area contributed by atoms with Gasteiger partial charge in [0.1, 0.15) is 0 Å². The molecule has 0 saturated heterocycles. The van der Waals surface area contributed by atoms with Crippen molar-refractivity contribution < 1.29 is 14.5 Å². The van der Waals surface area contributed by atoms with Crippen LogP contribution in [-0.2, 0) is 0 Å². The molecule has 0 aliphatic carbocycles. The molecule has 0 radical (unpaired) electrons. The number of carbonyl (C=O) groups excluding carboxylic acids is 1. The average Bonchev–Trinajstić information content (AvgIpc) is 2.38. The van der Waals surface area contributed by atoms with Gasteiger partial charge in [0, 0.05) is 18.7 Å². The molecule has 0 heterocycles. The molecule has 0 saturated carbocycles. The number of rotatable bonds is 6. The van der Waals surface area contributed by atoms with Gasteiger partial charge >= 0.3 is 5.69 Å². The van der Waals surface area contributed by atoms with E-state index in [1.807, 2.05) is 0 Å². The van der Waals surface area contributed by atoms with Gasteiger partial charge in [0.2, 0.25) is 5.75 Å². The molecule has 7 nitrogen and oxygen atoms in total. The lowest BCUT2D eigenvalue weighted by Gasteiger charge is -2.14. The van der Waals surface area contributed by atoms with Crippen LogP contribution < -0.4 is 15.8 Å². The second-order valence-electron chi connectivity index (χ2n) is 3.95. The second-order valence-corrected chi connectivity index (χ2v) is 3.95. The number of nitrogens with two attached hydrogens (primary N) is 1. The number of nitrogens with zero attached hydrogens (tertiary/aromatic N) is 1. The quantitative estimate of drug-likeness (QED) is 0.592. The van der Waals surface area contributed by atoms with Crippen LogP contribution in [0.3, 0.4) is 0 Å². The van der Waals surface area contributed by atoms with Gasteiger partial charge in [-0.1, -0.05) is 6.07 Å². The van der Waals surface area contributed by atoms with Crippen LogP contribution >= 0.6 is 0 Å². The fourth-order valence-electron chi connectivity index (χ4n) is 1.50. The Morgan fingerprint density at radius 2 is 2.26 bits per heavy atom. The minimum absolute atomic E-state index is 0.0169. The van der Waals surface area contributed by atoms with E-state index in [0.717, 1.165) is 0 Å². The molecule has 104 valence electrons. The van der Waals surface area contributed by atoms with Crippen molar-refractivity contribution in [2.45, 2.75) is 19.9 Å². The minimum Gasteiger partial charge on any atom is -0.487 e. The molecule has 1 rings (SSSR count). The summed E-state index contributed by atoms with van der Waals surface area (Å²) in [6.45, 7) is 3.96. The lowest BCUT2D eigenvalue weighted by Crippen LogP contribution is -2.38. The molecule has 7 heteroatoms. The van der Waals surface area contributed by atoms with Crippen molar-refractivity contribution in [2.75, 3.05) is 13.2 Å². The van der Waals surface area contributed by atoms with Crippen LogP contribution in [0, 0.1) is 10.1 Å². The van der Waals surface area contributed by atoms with Gasteiger partial charge in [-0.15, -0.1) is 0 Å². The van der Waals surface area contributed by atoms with Crippen molar-refractivity contribution in [3.05, 3.63) is 33.9 Å². The number of hydrogen-bond donors (Lipinski definition) is 2. The smallest absolute Gasteiger partial charge is 0.311 e. The maximum Gasteiger partial charge on any atom is 0.311 e. The molecule has 0 aliphatic rings. The van der Waals surface area contributed by atoms with Crippen molar-refractivity contribution in [1.29, 1.82) is 0 Å². The fourth-order valence-corrected chi connectivity index (χ4v) is 1.50. The molecular formula is C12H17N3O4. The van der Waals surface area contributed by atoms with E-state index in [1.165, 1.54) is 18.2 Å². The molecule has 1 aromatic rings. The molecule has 0 aliphatic heterocycles. The Hall–Kier alpha value is -2.15. The largest absolute Gasteiger partial charge is 0.487 e. The van der Waals surface area contributed by atoms with E-state index in [-0.39, 0.29) is 36.2 Å². The summed E-state index contributed by atoms with van der Waals surface area (Å²) in [6, 6.07) is 4.01. The predicted molar refractivity (Wildman–Crippen MR) is 70.2 cm³/mol. The first-order valence-corrected chi connectivity index (χ1v) is 5.92. The van der Waals surface area contributed by atoms with Gasteiger partial charge in [-0.3, -0.25) is 14.9 Å². The van der Waals surface area contributed by atoms with Gasteiger partial charge < -0.3 is 15.8 Å². The molecule has 0 bridgehead atoms. The summed E-state index contributed by atoms with van der Waals surface area (Å²) >= 11 is 0. The Kier molecular flexibility index (Phi) is 5.25. The highest BCUT2D eigenvalue weighted by Gasteiger charge is 2.23. The van der Waals surface area contributed by atoms with Crippen LogP contribution in [-0.4, -0.2) is 30.0 Å². The van der Waals surface area contributed by atoms with Crippen molar-refractivity contribution in [2.24, 2.45) is 5.73 Å². The molecular weight excluding hydrogens is 250 g/mol. The van der Waals surface area contributed by atoms with E-state index in [1.54, 1.807) is 13.8 Å². The monoisotopic (exact) mass is 267 g/mol. The molecule has 0 aromatic heterocycles. The maximum atomic E-state index is 12.0. The van der Waals surface area contributed by atoms with E-state index < -0.39 is 10.8 Å². The first kappa shape index (κ1) is 14.9. The third-order valence-electron chi connectivity index (χ3n) is 2.46. The third kappa shape index (κ3) is 3.65. The number of para-hydroxylation sites is 1. The van der Waals surface area contributed by atoms with E-state index in [0.29, 0.717) is 0 Å². The van der Waals surface area contributed by atoms with E-state index in [2.05, 4.69) is 5.32 Å². The van der Waals surface area contributed by atoms with Crippen LogP contribution in [0.25, 0.3) is 0 Å². The molecule has 1 atom stereocenters. The van der Waals surface area contributed by atoms with Crippen molar-refractivity contribution >= 4 is 11.6 Å². The highest BCUT2D eigenvalue weighted by molar-refractivity contribution is 5.98. The zero-order chi connectivity index (χ0) is 14.4. The summed E-state index contributed by atoms with van der Waals surface area (Å²) in [5.41, 5.74) is 5.33. The SMILES string of the molecule is CCOc1c(C(=O)N[C@H](C)CN)cccc1[N+](=O)[O-].